The zero-order valence-electron chi connectivity index (χ0n) is 17.1. The Bertz CT molecular complexity index is 915. The second-order valence-electron chi connectivity index (χ2n) is 6.88. The highest BCUT2D eigenvalue weighted by molar-refractivity contribution is 7.89. The van der Waals surface area contributed by atoms with Crippen LogP contribution in [0.3, 0.4) is 0 Å². The van der Waals surface area contributed by atoms with Gasteiger partial charge in [-0.3, -0.25) is 4.90 Å². The van der Waals surface area contributed by atoms with Gasteiger partial charge in [0, 0.05) is 25.2 Å². The topological polar surface area (TPSA) is 77.1 Å². The minimum atomic E-state index is -3.72. The van der Waals surface area contributed by atoms with Crippen LogP contribution in [0.1, 0.15) is 24.4 Å². The van der Waals surface area contributed by atoms with Crippen molar-refractivity contribution in [1.82, 2.24) is 9.62 Å². The van der Waals surface area contributed by atoms with Crippen LogP contribution >= 0.6 is 0 Å². The largest absolute Gasteiger partial charge is 0.497 e. The molecule has 1 fully saturated rings. The number of hydrogen-bond acceptors (Lipinski definition) is 6. The van der Waals surface area contributed by atoms with Crippen molar-refractivity contribution in [3.8, 4) is 17.2 Å². The molecule has 158 valence electrons. The van der Waals surface area contributed by atoms with Gasteiger partial charge < -0.3 is 14.2 Å². The summed E-state index contributed by atoms with van der Waals surface area (Å²) in [5.74, 6) is 1.58. The van der Waals surface area contributed by atoms with Gasteiger partial charge in [0.2, 0.25) is 10.0 Å². The smallest absolute Gasteiger partial charge is 0.244 e. The fourth-order valence-electron chi connectivity index (χ4n) is 3.69. The molecule has 8 heteroatoms. The van der Waals surface area contributed by atoms with Gasteiger partial charge >= 0.3 is 0 Å². The molecule has 1 unspecified atom stereocenters. The van der Waals surface area contributed by atoms with Gasteiger partial charge in [-0.25, -0.2) is 13.1 Å². The zero-order valence-corrected chi connectivity index (χ0v) is 17.9. The Hall–Kier alpha value is -2.29. The molecule has 1 aliphatic rings. The molecule has 1 saturated heterocycles. The normalized spacial score (nSPS) is 17.3. The van der Waals surface area contributed by atoms with E-state index in [4.69, 9.17) is 14.2 Å². The fraction of sp³-hybridized carbons (Fsp3) is 0.429. The summed E-state index contributed by atoms with van der Waals surface area (Å²) >= 11 is 0. The summed E-state index contributed by atoms with van der Waals surface area (Å²) in [6.45, 7) is 1.89. The number of hydrogen-bond donors (Lipinski definition) is 1. The Kier molecular flexibility index (Phi) is 7.00. The summed E-state index contributed by atoms with van der Waals surface area (Å²) in [6.07, 6.45) is 2.15. The van der Waals surface area contributed by atoms with Crippen LogP contribution in [0.4, 0.5) is 0 Å². The Morgan fingerprint density at radius 3 is 2.34 bits per heavy atom. The molecule has 1 N–H and O–H groups in total. The molecule has 0 amide bonds. The van der Waals surface area contributed by atoms with E-state index in [1.165, 1.54) is 25.8 Å². The van der Waals surface area contributed by atoms with Gasteiger partial charge in [-0.1, -0.05) is 12.1 Å². The molecule has 3 rings (SSSR count). The predicted octanol–water partition coefficient (Wildman–Crippen LogP) is 2.83. The quantitative estimate of drug-likeness (QED) is 0.672. The van der Waals surface area contributed by atoms with Crippen LogP contribution < -0.4 is 18.9 Å². The fourth-order valence-corrected chi connectivity index (χ4v) is 4.90. The van der Waals surface area contributed by atoms with Crippen LogP contribution in [0.15, 0.2) is 47.4 Å². The first-order valence-corrected chi connectivity index (χ1v) is 11.1. The van der Waals surface area contributed by atoms with Crippen LogP contribution in [0.25, 0.3) is 0 Å². The number of ether oxygens (including phenoxy) is 3. The van der Waals surface area contributed by atoms with Crippen molar-refractivity contribution < 1.29 is 22.6 Å². The van der Waals surface area contributed by atoms with E-state index in [1.807, 2.05) is 12.1 Å². The Labute approximate surface area is 172 Å². The highest BCUT2D eigenvalue weighted by Crippen LogP contribution is 2.32. The maximum atomic E-state index is 12.8. The van der Waals surface area contributed by atoms with Crippen molar-refractivity contribution >= 4 is 10.0 Å². The molecule has 1 heterocycles. The average molecular weight is 421 g/mol. The number of benzene rings is 2. The molecule has 2 aromatic rings. The average Bonchev–Trinajstić information content (AvgIpc) is 3.21. The van der Waals surface area contributed by atoms with Gasteiger partial charge in [-0.15, -0.1) is 0 Å². The predicted molar refractivity (Wildman–Crippen MR) is 111 cm³/mol. The minimum absolute atomic E-state index is 0.0764. The standard InChI is InChI=1S/C21H28N2O5S/c1-26-17-8-6-16(7-9-17)19-5-4-13-23(19)14-12-22-29(24,25)21-15-18(27-2)10-11-20(21)28-3/h6-11,15,19,22H,4-5,12-14H2,1-3H3. The summed E-state index contributed by atoms with van der Waals surface area (Å²) in [5, 5.41) is 0. The Morgan fingerprint density at radius 2 is 1.69 bits per heavy atom. The second kappa shape index (κ2) is 9.47. The molecule has 2 aromatic carbocycles. The molecule has 7 nitrogen and oxygen atoms in total. The molecular weight excluding hydrogens is 392 g/mol. The lowest BCUT2D eigenvalue weighted by Crippen LogP contribution is -2.34. The Morgan fingerprint density at radius 1 is 1.00 bits per heavy atom. The van der Waals surface area contributed by atoms with Crippen molar-refractivity contribution in [2.24, 2.45) is 0 Å². The van der Waals surface area contributed by atoms with E-state index >= 15 is 0 Å². The second-order valence-corrected chi connectivity index (χ2v) is 8.62. The van der Waals surface area contributed by atoms with Crippen LogP contribution in [-0.4, -0.2) is 54.3 Å². The first-order valence-electron chi connectivity index (χ1n) is 9.58. The molecule has 0 saturated carbocycles. The van der Waals surface area contributed by atoms with Crippen molar-refractivity contribution in [2.75, 3.05) is 41.0 Å². The molecule has 1 atom stereocenters. The lowest BCUT2D eigenvalue weighted by molar-refractivity contribution is 0.261. The third-order valence-electron chi connectivity index (χ3n) is 5.22. The van der Waals surface area contributed by atoms with Gasteiger partial charge in [0.15, 0.2) is 0 Å². The molecule has 0 bridgehead atoms. The van der Waals surface area contributed by atoms with Gasteiger partial charge in [0.05, 0.1) is 21.3 Å². The van der Waals surface area contributed by atoms with Crippen molar-refractivity contribution in [3.63, 3.8) is 0 Å². The zero-order chi connectivity index (χ0) is 20.9. The number of nitrogens with zero attached hydrogens (tertiary/aromatic N) is 1. The van der Waals surface area contributed by atoms with Crippen molar-refractivity contribution in [1.29, 1.82) is 0 Å². The number of methoxy groups -OCH3 is 3. The molecule has 0 aliphatic carbocycles. The maximum Gasteiger partial charge on any atom is 0.244 e. The third-order valence-corrected chi connectivity index (χ3v) is 6.70. The summed E-state index contributed by atoms with van der Waals surface area (Å²) in [6, 6.07) is 13.1. The van der Waals surface area contributed by atoms with Gasteiger partial charge in [0.1, 0.15) is 22.1 Å². The molecule has 0 aromatic heterocycles. The van der Waals surface area contributed by atoms with E-state index in [9.17, 15) is 8.42 Å². The molecular formula is C21H28N2O5S. The summed E-state index contributed by atoms with van der Waals surface area (Å²) in [5.41, 5.74) is 1.22. The van der Waals surface area contributed by atoms with Crippen LogP contribution in [0.2, 0.25) is 0 Å². The van der Waals surface area contributed by atoms with E-state index < -0.39 is 10.0 Å². The van der Waals surface area contributed by atoms with Crippen LogP contribution in [0, 0.1) is 0 Å². The van der Waals surface area contributed by atoms with Gasteiger partial charge in [-0.2, -0.15) is 0 Å². The summed E-state index contributed by atoms with van der Waals surface area (Å²) in [4.78, 5) is 2.39. The molecule has 0 spiro atoms. The molecule has 1 aliphatic heterocycles. The highest BCUT2D eigenvalue weighted by atomic mass is 32.2. The molecule has 29 heavy (non-hydrogen) atoms. The number of sulfonamides is 1. The van der Waals surface area contributed by atoms with Crippen LogP contribution in [0.5, 0.6) is 17.2 Å². The monoisotopic (exact) mass is 420 g/mol. The lowest BCUT2D eigenvalue weighted by atomic mass is 10.0. The summed E-state index contributed by atoms with van der Waals surface area (Å²) in [7, 11) is 0.884. The van der Waals surface area contributed by atoms with Gasteiger partial charge in [-0.05, 0) is 49.2 Å². The minimum Gasteiger partial charge on any atom is -0.497 e. The number of rotatable bonds is 9. The first kappa shape index (κ1) is 21.4. The maximum absolute atomic E-state index is 12.8. The molecule has 0 radical (unpaired) electrons. The van der Waals surface area contributed by atoms with E-state index in [1.54, 1.807) is 19.2 Å². The van der Waals surface area contributed by atoms with E-state index in [0.29, 0.717) is 18.8 Å². The highest BCUT2D eigenvalue weighted by Gasteiger charge is 2.26. The van der Waals surface area contributed by atoms with Crippen LogP contribution in [-0.2, 0) is 10.0 Å². The first-order chi connectivity index (χ1) is 14.0. The van der Waals surface area contributed by atoms with E-state index in [2.05, 4.69) is 21.8 Å². The third kappa shape index (κ3) is 5.01. The number of likely N-dealkylation sites (tertiary alicyclic amines) is 1. The van der Waals surface area contributed by atoms with Crippen molar-refractivity contribution in [2.45, 2.75) is 23.8 Å². The van der Waals surface area contributed by atoms with Crippen molar-refractivity contribution in [3.05, 3.63) is 48.0 Å². The lowest BCUT2D eigenvalue weighted by Gasteiger charge is -2.25. The van der Waals surface area contributed by atoms with E-state index in [0.717, 1.165) is 25.1 Å². The van der Waals surface area contributed by atoms with E-state index in [-0.39, 0.29) is 16.7 Å². The SMILES string of the molecule is COc1ccc(C2CCCN2CCNS(=O)(=O)c2cc(OC)ccc2OC)cc1. The summed E-state index contributed by atoms with van der Waals surface area (Å²) < 4.78 is 43.9. The van der Waals surface area contributed by atoms with Gasteiger partial charge in [0.25, 0.3) is 0 Å². The Balaban J connectivity index is 1.65. The number of nitrogens with one attached hydrogen (secondary N) is 1.